The van der Waals surface area contributed by atoms with E-state index in [-0.39, 0.29) is 5.78 Å². The maximum absolute atomic E-state index is 11.8. The van der Waals surface area contributed by atoms with E-state index in [9.17, 15) is 19.2 Å². The number of carbonyl (C=O) groups is 3. The number of Topliss-reactive ketones (excluding diaryl/α,β-unsaturated/α-hetero) is 1. The van der Waals surface area contributed by atoms with Crippen LogP contribution in [-0.4, -0.2) is 34.1 Å². The number of anilines is 1. The van der Waals surface area contributed by atoms with Crippen molar-refractivity contribution >= 4 is 23.3 Å². The van der Waals surface area contributed by atoms with Gasteiger partial charge in [0.1, 0.15) is 5.56 Å². The molecule has 8 heteroatoms. The quantitative estimate of drug-likeness (QED) is 0.758. The number of carboxylic acids is 1. The van der Waals surface area contributed by atoms with Crippen LogP contribution in [0.1, 0.15) is 27.6 Å². The number of carbonyl (C=O) groups excluding carboxylic acids is 2. The topological polar surface area (TPSA) is 115 Å². The lowest BCUT2D eigenvalue weighted by atomic mass is 10.1. The summed E-state index contributed by atoms with van der Waals surface area (Å²) in [5.74, 6) is -2.01. The zero-order valence-electron chi connectivity index (χ0n) is 12.7. The number of nitrogens with one attached hydrogen (secondary N) is 1. The van der Waals surface area contributed by atoms with Crippen LogP contribution in [0.3, 0.4) is 0 Å². The van der Waals surface area contributed by atoms with Crippen LogP contribution in [-0.2, 0) is 4.79 Å². The van der Waals surface area contributed by atoms with Crippen LogP contribution in [0.15, 0.2) is 47.4 Å². The second-order valence-corrected chi connectivity index (χ2v) is 4.81. The van der Waals surface area contributed by atoms with Gasteiger partial charge in [0.2, 0.25) is 0 Å². The highest BCUT2D eigenvalue weighted by atomic mass is 16.7. The van der Waals surface area contributed by atoms with E-state index in [0.717, 1.165) is 6.07 Å². The summed E-state index contributed by atoms with van der Waals surface area (Å²) in [4.78, 5) is 50.6. The van der Waals surface area contributed by atoms with Crippen LogP contribution in [0.4, 0.5) is 5.69 Å². The molecule has 1 amide bonds. The molecule has 2 aromatic rings. The smallest absolute Gasteiger partial charge is 0.341 e. The van der Waals surface area contributed by atoms with E-state index < -0.39 is 29.6 Å². The molecular formula is C16H14N2O6. The third kappa shape index (κ3) is 4.07. The zero-order valence-corrected chi connectivity index (χ0v) is 12.7. The summed E-state index contributed by atoms with van der Waals surface area (Å²) >= 11 is 0. The summed E-state index contributed by atoms with van der Waals surface area (Å²) < 4.78 is 0.682. The monoisotopic (exact) mass is 330 g/mol. The van der Waals surface area contributed by atoms with Crippen molar-refractivity contribution in [2.24, 2.45) is 0 Å². The first-order chi connectivity index (χ1) is 11.4. The Kier molecular flexibility index (Phi) is 5.10. The molecule has 0 aliphatic heterocycles. The van der Waals surface area contributed by atoms with Crippen molar-refractivity contribution in [3.8, 4) is 0 Å². The molecule has 0 unspecified atom stereocenters. The van der Waals surface area contributed by atoms with E-state index in [1.165, 1.54) is 19.2 Å². The first kappa shape index (κ1) is 16.9. The predicted molar refractivity (Wildman–Crippen MR) is 84.2 cm³/mol. The summed E-state index contributed by atoms with van der Waals surface area (Å²) in [6, 6.07) is 8.72. The third-order valence-corrected chi connectivity index (χ3v) is 3.06. The fourth-order valence-corrected chi connectivity index (χ4v) is 1.85. The third-order valence-electron chi connectivity index (χ3n) is 3.06. The number of carboxylic acid groups (broad SMARTS) is 1. The first-order valence-electron chi connectivity index (χ1n) is 6.87. The lowest BCUT2D eigenvalue weighted by molar-refractivity contribution is -0.120. The van der Waals surface area contributed by atoms with Crippen molar-refractivity contribution in [3.63, 3.8) is 0 Å². The van der Waals surface area contributed by atoms with E-state index in [1.54, 1.807) is 24.3 Å². The molecule has 1 aromatic heterocycles. The molecule has 1 aromatic carbocycles. The van der Waals surface area contributed by atoms with Crippen LogP contribution < -0.4 is 15.7 Å². The Morgan fingerprint density at radius 2 is 1.83 bits per heavy atom. The maximum atomic E-state index is 11.8. The molecule has 2 N–H and O–H groups in total. The number of rotatable bonds is 6. The van der Waals surface area contributed by atoms with Crippen molar-refractivity contribution in [2.45, 2.75) is 6.92 Å². The van der Waals surface area contributed by atoms with Gasteiger partial charge in [0.15, 0.2) is 12.4 Å². The number of benzene rings is 1. The standard InChI is InChI=1S/C16H14N2O6/c1-10(19)11-4-6-12(7-5-11)17-14(20)9-24-18-8-2-3-13(15(18)21)16(22)23/h2-8H,9H2,1H3,(H,17,20)(H,22,23). The largest absolute Gasteiger partial charge is 0.477 e. The highest BCUT2D eigenvalue weighted by molar-refractivity contribution is 5.95. The normalized spacial score (nSPS) is 10.0. The van der Waals surface area contributed by atoms with Gasteiger partial charge in [0, 0.05) is 17.4 Å². The number of hydrogen-bond donors (Lipinski definition) is 2. The minimum absolute atomic E-state index is 0.0890. The zero-order chi connectivity index (χ0) is 17.7. The molecule has 124 valence electrons. The van der Waals surface area contributed by atoms with E-state index in [2.05, 4.69) is 5.32 Å². The van der Waals surface area contributed by atoms with E-state index in [1.807, 2.05) is 0 Å². The molecule has 8 nitrogen and oxygen atoms in total. The Morgan fingerprint density at radius 3 is 2.42 bits per heavy atom. The fraction of sp³-hybridized carbons (Fsp3) is 0.125. The Bertz CT molecular complexity index is 838. The Morgan fingerprint density at radius 1 is 1.17 bits per heavy atom. The van der Waals surface area contributed by atoms with E-state index in [0.29, 0.717) is 16.0 Å². The van der Waals surface area contributed by atoms with Gasteiger partial charge >= 0.3 is 5.97 Å². The lowest BCUT2D eigenvalue weighted by Crippen LogP contribution is -2.34. The minimum atomic E-state index is -1.38. The Hall–Kier alpha value is -3.42. The van der Waals surface area contributed by atoms with Crippen LogP contribution in [0.25, 0.3) is 0 Å². The molecule has 0 spiro atoms. The average Bonchev–Trinajstić information content (AvgIpc) is 2.54. The second kappa shape index (κ2) is 7.23. The summed E-state index contributed by atoms with van der Waals surface area (Å²) in [5, 5.41) is 11.4. The molecule has 0 aliphatic carbocycles. The van der Waals surface area contributed by atoms with Gasteiger partial charge in [0.05, 0.1) is 0 Å². The molecule has 24 heavy (non-hydrogen) atoms. The van der Waals surface area contributed by atoms with Gasteiger partial charge in [0.25, 0.3) is 11.5 Å². The van der Waals surface area contributed by atoms with Gasteiger partial charge < -0.3 is 15.3 Å². The van der Waals surface area contributed by atoms with Crippen LogP contribution in [0.2, 0.25) is 0 Å². The highest BCUT2D eigenvalue weighted by Gasteiger charge is 2.12. The van der Waals surface area contributed by atoms with Gasteiger partial charge in [-0.25, -0.2) is 4.79 Å². The average molecular weight is 330 g/mol. The number of aromatic nitrogens is 1. The van der Waals surface area contributed by atoms with Crippen molar-refractivity contribution in [2.75, 3.05) is 11.9 Å². The van der Waals surface area contributed by atoms with Crippen LogP contribution >= 0.6 is 0 Å². The molecule has 0 fully saturated rings. The predicted octanol–water partition coefficient (Wildman–Crippen LogP) is 0.816. The lowest BCUT2D eigenvalue weighted by Gasteiger charge is -2.09. The fourth-order valence-electron chi connectivity index (χ4n) is 1.85. The Labute approximate surface area is 136 Å². The van der Waals surface area contributed by atoms with Crippen molar-refractivity contribution in [3.05, 3.63) is 64.1 Å². The van der Waals surface area contributed by atoms with Crippen molar-refractivity contribution < 1.29 is 24.3 Å². The molecule has 0 saturated carbocycles. The minimum Gasteiger partial charge on any atom is -0.477 e. The van der Waals surface area contributed by atoms with Crippen molar-refractivity contribution in [1.82, 2.24) is 4.73 Å². The summed E-state index contributed by atoms with van der Waals surface area (Å²) in [6.07, 6.45) is 1.21. The molecular weight excluding hydrogens is 316 g/mol. The number of amides is 1. The van der Waals surface area contributed by atoms with E-state index >= 15 is 0 Å². The highest BCUT2D eigenvalue weighted by Crippen LogP contribution is 2.09. The van der Waals surface area contributed by atoms with Gasteiger partial charge in [-0.1, -0.05) is 0 Å². The molecule has 1 heterocycles. The first-order valence-corrected chi connectivity index (χ1v) is 6.87. The van der Waals surface area contributed by atoms with Crippen LogP contribution in [0.5, 0.6) is 0 Å². The van der Waals surface area contributed by atoms with Gasteiger partial charge in [-0.2, -0.15) is 4.73 Å². The number of pyridine rings is 1. The summed E-state index contributed by atoms with van der Waals surface area (Å²) in [6.45, 7) is 0.946. The SMILES string of the molecule is CC(=O)c1ccc(NC(=O)COn2cccc(C(=O)O)c2=O)cc1. The van der Waals surface area contributed by atoms with Gasteiger partial charge in [-0.05, 0) is 43.3 Å². The van der Waals surface area contributed by atoms with Gasteiger partial charge in [-0.3, -0.25) is 14.4 Å². The van der Waals surface area contributed by atoms with Crippen LogP contribution in [0, 0.1) is 0 Å². The molecule has 0 atom stereocenters. The summed E-state index contributed by atoms with van der Waals surface area (Å²) in [7, 11) is 0. The van der Waals surface area contributed by atoms with Crippen molar-refractivity contribution in [1.29, 1.82) is 0 Å². The molecule has 0 saturated heterocycles. The summed E-state index contributed by atoms with van der Waals surface area (Å²) in [5.41, 5.74) is -0.358. The Balaban J connectivity index is 1.99. The molecule has 0 bridgehead atoms. The number of nitrogens with zero attached hydrogens (tertiary/aromatic N) is 1. The van der Waals surface area contributed by atoms with E-state index in [4.69, 9.17) is 9.94 Å². The molecule has 0 aliphatic rings. The number of hydrogen-bond acceptors (Lipinski definition) is 5. The molecule has 2 rings (SSSR count). The molecule has 0 radical (unpaired) electrons. The number of aromatic carboxylic acids is 1. The number of ketones is 1. The van der Waals surface area contributed by atoms with Gasteiger partial charge in [-0.15, -0.1) is 0 Å². The maximum Gasteiger partial charge on any atom is 0.341 e. The second-order valence-electron chi connectivity index (χ2n) is 4.81.